The van der Waals surface area contributed by atoms with Gasteiger partial charge in [-0.15, -0.1) is 6.58 Å². The van der Waals surface area contributed by atoms with E-state index in [9.17, 15) is 9.18 Å². The maximum Gasteiger partial charge on any atom is 0.300 e. The van der Waals surface area contributed by atoms with Gasteiger partial charge in [-0.1, -0.05) is 23.5 Å². The number of amides is 1. The van der Waals surface area contributed by atoms with E-state index < -0.39 is 5.91 Å². The summed E-state index contributed by atoms with van der Waals surface area (Å²) in [6.07, 6.45) is 1.65. The van der Waals surface area contributed by atoms with Crippen molar-refractivity contribution in [3.63, 3.8) is 0 Å². The Hall–Kier alpha value is -2.54. The van der Waals surface area contributed by atoms with Crippen molar-refractivity contribution in [2.24, 2.45) is 4.99 Å². The fraction of sp³-hybridized carbons (Fsp3) is 0.235. The Balaban J connectivity index is 2.15. The van der Waals surface area contributed by atoms with E-state index in [-0.39, 0.29) is 11.5 Å². The van der Waals surface area contributed by atoms with E-state index in [0.29, 0.717) is 23.4 Å². The van der Waals surface area contributed by atoms with Gasteiger partial charge in [0.15, 0.2) is 10.5 Å². The zero-order valence-corrected chi connectivity index (χ0v) is 14.3. The highest BCUT2D eigenvalue weighted by Gasteiger charge is 2.14. The average Bonchev–Trinajstić information content (AvgIpc) is 3.09. The quantitative estimate of drug-likeness (QED) is 0.682. The molecule has 2 aromatic heterocycles. The van der Waals surface area contributed by atoms with Gasteiger partial charge in [0, 0.05) is 18.8 Å². The van der Waals surface area contributed by atoms with Crippen LogP contribution in [0.25, 0.3) is 10.2 Å². The summed E-state index contributed by atoms with van der Waals surface area (Å²) in [6, 6.07) is 6.56. The molecule has 0 bridgehead atoms. The molecule has 3 rings (SSSR count). The van der Waals surface area contributed by atoms with Crippen LogP contribution >= 0.6 is 11.3 Å². The lowest BCUT2D eigenvalue weighted by Crippen LogP contribution is -2.17. The predicted octanol–water partition coefficient (Wildman–Crippen LogP) is 3.29. The van der Waals surface area contributed by atoms with Crippen LogP contribution in [-0.4, -0.2) is 20.3 Å². The summed E-state index contributed by atoms with van der Waals surface area (Å²) in [6.45, 7) is 8.60. The number of fused-ring (bicyclic) bond motifs is 1. The minimum Gasteiger partial charge on any atom is -0.310 e. The Morgan fingerprint density at radius 2 is 2.29 bits per heavy atom. The van der Waals surface area contributed by atoms with E-state index in [1.54, 1.807) is 27.5 Å². The summed E-state index contributed by atoms with van der Waals surface area (Å²) in [7, 11) is 0. The molecule has 0 saturated carbocycles. The van der Waals surface area contributed by atoms with Gasteiger partial charge in [0.2, 0.25) is 0 Å². The first kappa shape index (κ1) is 16.3. The van der Waals surface area contributed by atoms with Gasteiger partial charge in [-0.05, 0) is 32.0 Å². The fourth-order valence-corrected chi connectivity index (χ4v) is 3.60. The molecular weight excluding hydrogens is 327 g/mol. The van der Waals surface area contributed by atoms with Crippen molar-refractivity contribution in [1.82, 2.24) is 14.3 Å². The number of benzene rings is 1. The Bertz CT molecular complexity index is 996. The van der Waals surface area contributed by atoms with Crippen LogP contribution in [0, 0.1) is 12.7 Å². The fourth-order valence-electron chi connectivity index (χ4n) is 2.55. The first-order valence-electron chi connectivity index (χ1n) is 7.57. The van der Waals surface area contributed by atoms with Gasteiger partial charge in [0.05, 0.1) is 10.2 Å². The number of thiazole rings is 1. The molecule has 0 atom stereocenters. The monoisotopic (exact) mass is 344 g/mol. The second kappa shape index (κ2) is 6.52. The number of carbonyl (C=O) groups excluding carboxylic acids is 1. The van der Waals surface area contributed by atoms with Gasteiger partial charge in [0.1, 0.15) is 5.82 Å². The van der Waals surface area contributed by atoms with Crippen molar-refractivity contribution in [2.45, 2.75) is 26.9 Å². The zero-order valence-electron chi connectivity index (χ0n) is 13.5. The molecule has 3 aromatic rings. The molecule has 0 aliphatic heterocycles. The van der Waals surface area contributed by atoms with E-state index in [1.807, 2.05) is 19.9 Å². The van der Waals surface area contributed by atoms with Crippen molar-refractivity contribution >= 4 is 27.5 Å². The van der Waals surface area contributed by atoms with E-state index in [1.165, 1.54) is 17.4 Å². The van der Waals surface area contributed by atoms with Crippen molar-refractivity contribution in [1.29, 1.82) is 0 Å². The van der Waals surface area contributed by atoms with Gasteiger partial charge in [0.25, 0.3) is 5.91 Å². The standard InChI is InChI=1S/C17H17FN4OS/c1-4-9-21-15-12(18)7-6-8-14(15)24-17(21)19-16(23)13-10-11(3)22(5-2)20-13/h4,6-8,10H,1,5,9H2,2-3H3. The van der Waals surface area contributed by atoms with Crippen molar-refractivity contribution in [3.05, 3.63) is 58.9 Å². The van der Waals surface area contributed by atoms with Crippen LogP contribution in [0.3, 0.4) is 0 Å². The van der Waals surface area contributed by atoms with Gasteiger partial charge < -0.3 is 4.57 Å². The summed E-state index contributed by atoms with van der Waals surface area (Å²) in [5, 5.41) is 4.25. The van der Waals surface area contributed by atoms with Crippen molar-refractivity contribution in [3.8, 4) is 0 Å². The van der Waals surface area contributed by atoms with E-state index in [4.69, 9.17) is 0 Å². The van der Waals surface area contributed by atoms with Crippen molar-refractivity contribution in [2.75, 3.05) is 0 Å². The van der Waals surface area contributed by atoms with Crippen LogP contribution in [-0.2, 0) is 13.1 Å². The number of allylic oxidation sites excluding steroid dienone is 1. The lowest BCUT2D eigenvalue weighted by Gasteiger charge is -2.01. The molecule has 1 amide bonds. The van der Waals surface area contributed by atoms with E-state index in [2.05, 4.69) is 16.7 Å². The third-order valence-corrected chi connectivity index (χ3v) is 4.70. The molecule has 0 saturated heterocycles. The van der Waals surface area contributed by atoms with Crippen LogP contribution < -0.4 is 4.80 Å². The number of para-hydroxylation sites is 1. The summed E-state index contributed by atoms with van der Waals surface area (Å²) < 4.78 is 18.3. The van der Waals surface area contributed by atoms with E-state index in [0.717, 1.165) is 10.4 Å². The summed E-state index contributed by atoms with van der Waals surface area (Å²) in [4.78, 5) is 17.0. The number of aryl methyl sites for hydroxylation is 2. The second-order valence-corrected chi connectivity index (χ2v) is 6.28. The minimum absolute atomic E-state index is 0.289. The number of nitrogens with zero attached hydrogens (tertiary/aromatic N) is 4. The Kier molecular flexibility index (Phi) is 4.44. The number of carbonyl (C=O) groups is 1. The molecular formula is C17H17FN4OS. The highest BCUT2D eigenvalue weighted by atomic mass is 32.1. The normalized spacial score (nSPS) is 12.0. The number of hydrogen-bond donors (Lipinski definition) is 0. The number of aromatic nitrogens is 3. The first-order valence-corrected chi connectivity index (χ1v) is 8.39. The van der Waals surface area contributed by atoms with Gasteiger partial charge >= 0.3 is 0 Å². The molecule has 24 heavy (non-hydrogen) atoms. The van der Waals surface area contributed by atoms with Crippen LogP contribution in [0.4, 0.5) is 4.39 Å². The van der Waals surface area contributed by atoms with Crippen LogP contribution in [0.5, 0.6) is 0 Å². The Labute approximate surface area is 142 Å². The second-order valence-electron chi connectivity index (χ2n) is 5.27. The predicted molar refractivity (Wildman–Crippen MR) is 92.5 cm³/mol. The average molecular weight is 344 g/mol. The number of halogens is 1. The Morgan fingerprint density at radius 1 is 1.50 bits per heavy atom. The molecule has 1 aromatic carbocycles. The van der Waals surface area contributed by atoms with Gasteiger partial charge in [-0.25, -0.2) is 4.39 Å². The summed E-state index contributed by atoms with van der Waals surface area (Å²) >= 11 is 1.27. The Morgan fingerprint density at radius 3 is 2.96 bits per heavy atom. The SMILES string of the molecule is C=CCn1c(=NC(=O)c2cc(C)n(CC)n2)sc2cccc(F)c21. The molecule has 2 heterocycles. The maximum atomic E-state index is 14.2. The molecule has 0 fully saturated rings. The van der Waals surface area contributed by atoms with Crippen molar-refractivity contribution < 1.29 is 9.18 Å². The molecule has 0 radical (unpaired) electrons. The highest BCUT2D eigenvalue weighted by Crippen LogP contribution is 2.20. The van der Waals surface area contributed by atoms with E-state index >= 15 is 0 Å². The molecule has 0 unspecified atom stereocenters. The lowest BCUT2D eigenvalue weighted by atomic mass is 10.3. The zero-order chi connectivity index (χ0) is 17.3. The van der Waals surface area contributed by atoms with Crippen LogP contribution in [0.2, 0.25) is 0 Å². The third-order valence-electron chi connectivity index (χ3n) is 3.66. The molecule has 0 aliphatic rings. The highest BCUT2D eigenvalue weighted by molar-refractivity contribution is 7.16. The van der Waals surface area contributed by atoms with Gasteiger partial charge in [-0.2, -0.15) is 10.1 Å². The third kappa shape index (κ3) is 2.82. The topological polar surface area (TPSA) is 52.2 Å². The smallest absolute Gasteiger partial charge is 0.300 e. The minimum atomic E-state index is -0.435. The molecule has 0 spiro atoms. The van der Waals surface area contributed by atoms with Crippen LogP contribution in [0.1, 0.15) is 23.1 Å². The summed E-state index contributed by atoms with van der Waals surface area (Å²) in [5.74, 6) is -0.777. The molecule has 5 nitrogen and oxygen atoms in total. The lowest BCUT2D eigenvalue weighted by molar-refractivity contribution is 0.0992. The maximum absolute atomic E-state index is 14.2. The summed E-state index contributed by atoms with van der Waals surface area (Å²) in [5.41, 5.74) is 1.62. The number of rotatable bonds is 4. The van der Waals surface area contributed by atoms with Gasteiger partial charge in [-0.3, -0.25) is 9.48 Å². The largest absolute Gasteiger partial charge is 0.310 e. The van der Waals surface area contributed by atoms with Crippen LogP contribution in [0.15, 0.2) is 41.9 Å². The molecule has 0 N–H and O–H groups in total. The number of hydrogen-bond acceptors (Lipinski definition) is 3. The first-order chi connectivity index (χ1) is 11.5. The molecule has 7 heteroatoms. The molecule has 0 aliphatic carbocycles. The molecule has 124 valence electrons.